The van der Waals surface area contributed by atoms with Gasteiger partial charge in [-0.3, -0.25) is 4.79 Å². The number of aryl methyl sites for hydroxylation is 1. The van der Waals surface area contributed by atoms with Gasteiger partial charge >= 0.3 is 7.12 Å². The fraction of sp³-hybridized carbons (Fsp3) is 0.500. The molecule has 24 heavy (non-hydrogen) atoms. The van der Waals surface area contributed by atoms with Crippen molar-refractivity contribution in [3.63, 3.8) is 0 Å². The Morgan fingerprint density at radius 3 is 2.38 bits per heavy atom. The molecule has 0 atom stereocenters. The summed E-state index contributed by atoms with van der Waals surface area (Å²) >= 11 is 1.17. The summed E-state index contributed by atoms with van der Waals surface area (Å²) in [6.07, 6.45) is 1.74. The van der Waals surface area contributed by atoms with Gasteiger partial charge in [-0.15, -0.1) is 0 Å². The van der Waals surface area contributed by atoms with E-state index in [2.05, 4.69) is 0 Å². The largest absolute Gasteiger partial charge is 0.491 e. The Morgan fingerprint density at radius 2 is 1.83 bits per heavy atom. The SMILES string of the molecule is CC(=O)SCC(=Cc1cc(C)ccc1F)B1OC(C)(C)C(C)(C)O1. The highest BCUT2D eigenvalue weighted by Gasteiger charge is 2.52. The number of carbonyl (C=O) groups is 1. The monoisotopic (exact) mass is 350 g/mol. The summed E-state index contributed by atoms with van der Waals surface area (Å²) < 4.78 is 26.2. The molecule has 0 radical (unpaired) electrons. The maximum absolute atomic E-state index is 14.1. The zero-order valence-electron chi connectivity index (χ0n) is 15.1. The van der Waals surface area contributed by atoms with Crippen LogP contribution in [0, 0.1) is 12.7 Å². The van der Waals surface area contributed by atoms with Crippen molar-refractivity contribution in [2.24, 2.45) is 0 Å². The van der Waals surface area contributed by atoms with E-state index in [4.69, 9.17) is 9.31 Å². The molecule has 3 nitrogen and oxygen atoms in total. The lowest BCUT2D eigenvalue weighted by atomic mass is 9.78. The van der Waals surface area contributed by atoms with Gasteiger partial charge in [0.25, 0.3) is 0 Å². The molecular formula is C18H24BFO3S. The lowest BCUT2D eigenvalue weighted by Crippen LogP contribution is -2.41. The van der Waals surface area contributed by atoms with Crippen molar-refractivity contribution in [1.29, 1.82) is 0 Å². The average Bonchev–Trinajstić information content (AvgIpc) is 2.66. The van der Waals surface area contributed by atoms with Gasteiger partial charge < -0.3 is 9.31 Å². The third kappa shape index (κ3) is 4.29. The third-order valence-corrected chi connectivity index (χ3v) is 5.37. The van der Waals surface area contributed by atoms with Gasteiger partial charge in [0.1, 0.15) is 5.82 Å². The molecule has 2 rings (SSSR count). The van der Waals surface area contributed by atoms with Gasteiger partial charge in [0.15, 0.2) is 5.12 Å². The van der Waals surface area contributed by atoms with E-state index in [1.807, 2.05) is 34.6 Å². The van der Waals surface area contributed by atoms with Crippen molar-refractivity contribution in [1.82, 2.24) is 0 Å². The first-order chi connectivity index (χ1) is 11.0. The Bertz CT molecular complexity index is 654. The first-order valence-corrected chi connectivity index (χ1v) is 8.96. The normalized spacial score (nSPS) is 19.6. The molecule has 1 aliphatic heterocycles. The second-order valence-electron chi connectivity index (χ2n) is 7.11. The number of rotatable bonds is 4. The minimum Gasteiger partial charge on any atom is -0.400 e. The highest BCUT2D eigenvalue weighted by molar-refractivity contribution is 8.13. The molecular weight excluding hydrogens is 326 g/mol. The van der Waals surface area contributed by atoms with Gasteiger partial charge in [-0.1, -0.05) is 29.5 Å². The van der Waals surface area contributed by atoms with Crippen LogP contribution in [0.1, 0.15) is 45.7 Å². The highest BCUT2D eigenvalue weighted by atomic mass is 32.2. The van der Waals surface area contributed by atoms with Gasteiger partial charge in [-0.05, 0) is 52.2 Å². The molecule has 0 aliphatic carbocycles. The van der Waals surface area contributed by atoms with Gasteiger partial charge in [0, 0.05) is 18.2 Å². The van der Waals surface area contributed by atoms with Crippen LogP contribution in [-0.2, 0) is 14.1 Å². The zero-order valence-corrected chi connectivity index (χ0v) is 15.9. The predicted octanol–water partition coefficient (Wildman–Crippen LogP) is 4.43. The predicted molar refractivity (Wildman–Crippen MR) is 98.3 cm³/mol. The second kappa shape index (κ2) is 7.02. The fourth-order valence-electron chi connectivity index (χ4n) is 2.33. The molecule has 1 aromatic carbocycles. The molecule has 1 fully saturated rings. The van der Waals surface area contributed by atoms with Crippen LogP contribution >= 0.6 is 11.8 Å². The van der Waals surface area contributed by atoms with Crippen molar-refractivity contribution in [3.8, 4) is 0 Å². The average molecular weight is 350 g/mol. The van der Waals surface area contributed by atoms with Gasteiger partial charge in [-0.2, -0.15) is 0 Å². The number of carbonyl (C=O) groups excluding carboxylic acids is 1. The van der Waals surface area contributed by atoms with Crippen molar-refractivity contribution in [3.05, 3.63) is 40.6 Å². The molecule has 0 saturated carbocycles. The van der Waals surface area contributed by atoms with Gasteiger partial charge in [0.05, 0.1) is 11.2 Å². The molecule has 130 valence electrons. The van der Waals surface area contributed by atoms with E-state index >= 15 is 0 Å². The highest BCUT2D eigenvalue weighted by Crippen LogP contribution is 2.39. The summed E-state index contributed by atoms with van der Waals surface area (Å²) in [5, 5.41) is 0.00197. The van der Waals surface area contributed by atoms with Crippen LogP contribution in [0.4, 0.5) is 4.39 Å². The lowest BCUT2D eigenvalue weighted by molar-refractivity contribution is -0.109. The molecule has 0 amide bonds. The topological polar surface area (TPSA) is 35.5 Å². The van der Waals surface area contributed by atoms with Crippen molar-refractivity contribution in [2.75, 3.05) is 5.75 Å². The number of hydrogen-bond acceptors (Lipinski definition) is 4. The van der Waals surface area contributed by atoms with Crippen LogP contribution < -0.4 is 0 Å². The first kappa shape index (κ1) is 19.2. The molecule has 0 bridgehead atoms. The number of hydrogen-bond donors (Lipinski definition) is 0. The maximum Gasteiger partial charge on any atom is 0.491 e. The summed E-state index contributed by atoms with van der Waals surface area (Å²) in [6.45, 7) is 11.3. The summed E-state index contributed by atoms with van der Waals surface area (Å²) in [4.78, 5) is 11.4. The van der Waals surface area contributed by atoms with Crippen molar-refractivity contribution in [2.45, 2.75) is 52.7 Å². The van der Waals surface area contributed by atoms with E-state index in [-0.39, 0.29) is 10.9 Å². The summed E-state index contributed by atoms with van der Waals surface area (Å²) in [5.74, 6) is 0.0990. The molecule has 1 aliphatic rings. The van der Waals surface area contributed by atoms with E-state index in [0.717, 1.165) is 11.0 Å². The van der Waals surface area contributed by atoms with E-state index < -0.39 is 18.3 Å². The summed E-state index contributed by atoms with van der Waals surface area (Å²) in [7, 11) is -0.596. The quantitative estimate of drug-likeness (QED) is 0.753. The Labute approximate surface area is 148 Å². The van der Waals surface area contributed by atoms with E-state index in [9.17, 15) is 9.18 Å². The smallest absolute Gasteiger partial charge is 0.400 e. The van der Waals surface area contributed by atoms with Crippen molar-refractivity contribution >= 4 is 30.1 Å². The van der Waals surface area contributed by atoms with Crippen LogP contribution in [-0.4, -0.2) is 29.2 Å². The molecule has 0 spiro atoms. The lowest BCUT2D eigenvalue weighted by Gasteiger charge is -2.32. The van der Waals surface area contributed by atoms with Crippen LogP contribution in [0.2, 0.25) is 0 Å². The Kier molecular flexibility index (Phi) is 5.62. The van der Waals surface area contributed by atoms with E-state index in [1.165, 1.54) is 24.8 Å². The zero-order chi connectivity index (χ0) is 18.1. The Balaban J connectivity index is 2.37. The van der Waals surface area contributed by atoms with E-state index in [1.54, 1.807) is 18.2 Å². The number of halogens is 1. The number of thioether (sulfide) groups is 1. The molecule has 0 N–H and O–H groups in total. The standard InChI is InChI=1S/C18H24BFO3S/c1-12-7-8-16(20)14(9-12)10-15(11-24-13(2)21)19-22-17(3,4)18(5,6)23-19/h7-10H,11H2,1-6H3. The van der Waals surface area contributed by atoms with Gasteiger partial charge in [-0.25, -0.2) is 4.39 Å². The maximum atomic E-state index is 14.1. The van der Waals surface area contributed by atoms with Crippen LogP contribution in [0.5, 0.6) is 0 Å². The molecule has 1 saturated heterocycles. The third-order valence-electron chi connectivity index (χ3n) is 4.49. The first-order valence-electron chi connectivity index (χ1n) is 7.97. The summed E-state index contributed by atoms with van der Waals surface area (Å²) in [5.41, 5.74) is 1.23. The van der Waals surface area contributed by atoms with Gasteiger partial charge in [0.2, 0.25) is 0 Å². The molecule has 1 heterocycles. The second-order valence-corrected chi connectivity index (χ2v) is 8.26. The molecule has 1 aromatic rings. The van der Waals surface area contributed by atoms with Crippen LogP contribution in [0.3, 0.4) is 0 Å². The Morgan fingerprint density at radius 1 is 1.25 bits per heavy atom. The molecule has 0 aromatic heterocycles. The summed E-state index contributed by atoms with van der Waals surface area (Å²) in [6, 6.07) is 4.95. The number of benzene rings is 1. The fourth-order valence-corrected chi connectivity index (χ4v) is 2.92. The molecule has 6 heteroatoms. The van der Waals surface area contributed by atoms with Crippen molar-refractivity contribution < 1.29 is 18.5 Å². The Hall–Kier alpha value is -1.11. The molecule has 0 unspecified atom stereocenters. The van der Waals surface area contributed by atoms with Crippen LogP contribution in [0.25, 0.3) is 6.08 Å². The minimum atomic E-state index is -0.596. The van der Waals surface area contributed by atoms with Crippen LogP contribution in [0.15, 0.2) is 23.7 Å². The van der Waals surface area contributed by atoms with E-state index in [0.29, 0.717) is 11.3 Å². The minimum absolute atomic E-state index is 0.00197.